The summed E-state index contributed by atoms with van der Waals surface area (Å²) in [5.74, 6) is 0.0335. The lowest BCUT2D eigenvalue weighted by Crippen LogP contribution is -2.29. The highest BCUT2D eigenvalue weighted by Crippen LogP contribution is 2.44. The standard InChI is InChI=1S/C14H18ClNO4S/c1-14(2)8-12(14)16-13(17)7-9-4-5-10(20-3)11(6-9)21(15,18)19/h4-6,12H,7-8H2,1-3H3,(H,16,17). The molecular weight excluding hydrogens is 314 g/mol. The highest BCUT2D eigenvalue weighted by molar-refractivity contribution is 8.13. The van der Waals surface area contributed by atoms with E-state index in [9.17, 15) is 13.2 Å². The number of rotatable bonds is 5. The van der Waals surface area contributed by atoms with Gasteiger partial charge in [-0.3, -0.25) is 4.79 Å². The molecule has 0 radical (unpaired) electrons. The van der Waals surface area contributed by atoms with Gasteiger partial charge in [-0.15, -0.1) is 0 Å². The second-order valence-electron chi connectivity index (χ2n) is 5.91. The van der Waals surface area contributed by atoms with E-state index in [1.54, 1.807) is 6.07 Å². The van der Waals surface area contributed by atoms with Crippen molar-refractivity contribution in [1.82, 2.24) is 5.32 Å². The van der Waals surface area contributed by atoms with Gasteiger partial charge in [-0.05, 0) is 29.5 Å². The van der Waals surface area contributed by atoms with Crippen LogP contribution in [0.15, 0.2) is 23.1 Å². The third-order valence-corrected chi connectivity index (χ3v) is 5.05. The number of carbonyl (C=O) groups excluding carboxylic acids is 1. The summed E-state index contributed by atoms with van der Waals surface area (Å²) < 4.78 is 28.0. The molecule has 0 aromatic heterocycles. The Hall–Kier alpha value is -1.27. The van der Waals surface area contributed by atoms with Gasteiger partial charge < -0.3 is 10.1 Å². The van der Waals surface area contributed by atoms with Crippen molar-refractivity contribution in [3.05, 3.63) is 23.8 Å². The summed E-state index contributed by atoms with van der Waals surface area (Å²) in [5.41, 5.74) is 0.728. The van der Waals surface area contributed by atoms with Gasteiger partial charge in [0, 0.05) is 16.7 Å². The van der Waals surface area contributed by atoms with E-state index in [0.29, 0.717) is 5.56 Å². The molecular formula is C14H18ClNO4S. The first-order valence-electron chi connectivity index (χ1n) is 6.54. The maximum atomic E-state index is 11.9. The van der Waals surface area contributed by atoms with Gasteiger partial charge in [-0.2, -0.15) is 0 Å². The molecule has 1 aromatic rings. The van der Waals surface area contributed by atoms with Crippen LogP contribution in [-0.2, 0) is 20.3 Å². The van der Waals surface area contributed by atoms with Crippen LogP contribution in [-0.4, -0.2) is 27.5 Å². The predicted molar refractivity (Wildman–Crippen MR) is 80.1 cm³/mol. The van der Waals surface area contributed by atoms with Crippen LogP contribution in [0.5, 0.6) is 5.75 Å². The average Bonchev–Trinajstić information content (AvgIpc) is 2.94. The zero-order valence-corrected chi connectivity index (χ0v) is 13.7. The Labute approximate surface area is 129 Å². The van der Waals surface area contributed by atoms with E-state index in [-0.39, 0.29) is 34.4 Å². The van der Waals surface area contributed by atoms with Crippen LogP contribution in [0, 0.1) is 5.41 Å². The van der Waals surface area contributed by atoms with Gasteiger partial charge in [0.15, 0.2) is 0 Å². The lowest BCUT2D eigenvalue weighted by Gasteiger charge is -2.10. The van der Waals surface area contributed by atoms with E-state index in [4.69, 9.17) is 15.4 Å². The number of hydrogen-bond donors (Lipinski definition) is 1. The minimum Gasteiger partial charge on any atom is -0.495 e. The van der Waals surface area contributed by atoms with Gasteiger partial charge in [0.25, 0.3) is 9.05 Å². The van der Waals surface area contributed by atoms with Crippen molar-refractivity contribution in [2.75, 3.05) is 7.11 Å². The normalized spacial score (nSPS) is 19.9. The third-order valence-electron chi connectivity index (χ3n) is 3.70. The minimum absolute atomic E-state index is 0.107. The molecule has 116 valence electrons. The van der Waals surface area contributed by atoms with Gasteiger partial charge in [0.1, 0.15) is 10.6 Å². The maximum absolute atomic E-state index is 11.9. The molecule has 1 saturated carbocycles. The molecule has 1 amide bonds. The maximum Gasteiger partial charge on any atom is 0.264 e. The number of carbonyl (C=O) groups is 1. The van der Waals surface area contributed by atoms with Crippen LogP contribution >= 0.6 is 10.7 Å². The van der Waals surface area contributed by atoms with Gasteiger partial charge in [0.05, 0.1) is 13.5 Å². The number of methoxy groups -OCH3 is 1. The zero-order valence-electron chi connectivity index (χ0n) is 12.1. The van der Waals surface area contributed by atoms with Crippen molar-refractivity contribution in [3.63, 3.8) is 0 Å². The number of amides is 1. The van der Waals surface area contributed by atoms with Crippen LogP contribution in [0.2, 0.25) is 0 Å². The van der Waals surface area contributed by atoms with Crippen LogP contribution in [0.25, 0.3) is 0 Å². The fraction of sp³-hybridized carbons (Fsp3) is 0.500. The Bertz CT molecular complexity index is 670. The second kappa shape index (κ2) is 5.50. The third kappa shape index (κ3) is 3.89. The van der Waals surface area contributed by atoms with E-state index in [1.807, 2.05) is 0 Å². The molecule has 1 unspecified atom stereocenters. The molecule has 0 spiro atoms. The molecule has 1 N–H and O–H groups in total. The Kier molecular flexibility index (Phi) is 4.22. The highest BCUT2D eigenvalue weighted by atomic mass is 35.7. The molecule has 0 bridgehead atoms. The molecule has 0 saturated heterocycles. The first-order chi connectivity index (χ1) is 9.63. The Morgan fingerprint density at radius 2 is 2.10 bits per heavy atom. The fourth-order valence-corrected chi connectivity index (χ4v) is 3.21. The molecule has 7 heteroatoms. The smallest absolute Gasteiger partial charge is 0.264 e. The van der Waals surface area contributed by atoms with E-state index >= 15 is 0 Å². The van der Waals surface area contributed by atoms with E-state index in [2.05, 4.69) is 19.2 Å². The van der Waals surface area contributed by atoms with Crippen molar-refractivity contribution < 1.29 is 17.9 Å². The van der Waals surface area contributed by atoms with Crippen molar-refractivity contribution >= 4 is 25.6 Å². The summed E-state index contributed by atoms with van der Waals surface area (Å²) in [6.07, 6.45) is 1.07. The zero-order chi connectivity index (χ0) is 15.8. The molecule has 1 atom stereocenters. The molecule has 1 fully saturated rings. The topological polar surface area (TPSA) is 72.5 Å². The van der Waals surface area contributed by atoms with Crippen molar-refractivity contribution in [3.8, 4) is 5.75 Å². The Morgan fingerprint density at radius 1 is 1.48 bits per heavy atom. The number of halogens is 1. The van der Waals surface area contributed by atoms with Crippen molar-refractivity contribution in [2.24, 2.45) is 5.41 Å². The van der Waals surface area contributed by atoms with Crippen LogP contribution in [0.3, 0.4) is 0 Å². The Morgan fingerprint density at radius 3 is 2.57 bits per heavy atom. The number of nitrogens with one attached hydrogen (secondary N) is 1. The van der Waals surface area contributed by atoms with Crippen LogP contribution < -0.4 is 10.1 Å². The molecule has 21 heavy (non-hydrogen) atoms. The summed E-state index contributed by atoms with van der Waals surface area (Å²) in [7, 11) is 2.82. The van der Waals surface area contributed by atoms with E-state index in [1.165, 1.54) is 19.2 Å². The molecule has 0 heterocycles. The molecule has 5 nitrogen and oxygen atoms in total. The quantitative estimate of drug-likeness (QED) is 0.838. The largest absolute Gasteiger partial charge is 0.495 e. The van der Waals surface area contributed by atoms with Gasteiger partial charge in [-0.1, -0.05) is 19.9 Å². The SMILES string of the molecule is COc1ccc(CC(=O)NC2CC2(C)C)cc1S(=O)(=O)Cl. The molecule has 1 aromatic carbocycles. The summed E-state index contributed by atoms with van der Waals surface area (Å²) in [4.78, 5) is 11.8. The first-order valence-corrected chi connectivity index (χ1v) is 8.85. The van der Waals surface area contributed by atoms with E-state index in [0.717, 1.165) is 6.42 Å². The Balaban J connectivity index is 2.12. The number of ether oxygens (including phenoxy) is 1. The van der Waals surface area contributed by atoms with Crippen LogP contribution in [0.4, 0.5) is 0 Å². The van der Waals surface area contributed by atoms with Crippen LogP contribution in [0.1, 0.15) is 25.8 Å². The molecule has 0 aliphatic heterocycles. The lowest BCUT2D eigenvalue weighted by atomic mass is 10.1. The number of benzene rings is 1. The fourth-order valence-electron chi connectivity index (χ4n) is 2.17. The summed E-state index contributed by atoms with van der Waals surface area (Å²) in [6, 6.07) is 4.72. The lowest BCUT2D eigenvalue weighted by molar-refractivity contribution is -0.120. The highest BCUT2D eigenvalue weighted by Gasteiger charge is 2.46. The average molecular weight is 332 g/mol. The van der Waals surface area contributed by atoms with Gasteiger partial charge in [-0.25, -0.2) is 8.42 Å². The van der Waals surface area contributed by atoms with Gasteiger partial charge >= 0.3 is 0 Å². The van der Waals surface area contributed by atoms with Crippen molar-refractivity contribution in [2.45, 2.75) is 37.6 Å². The number of hydrogen-bond acceptors (Lipinski definition) is 4. The molecule has 2 rings (SSSR count). The molecule has 1 aliphatic carbocycles. The summed E-state index contributed by atoms with van der Waals surface area (Å²) in [6.45, 7) is 4.17. The minimum atomic E-state index is -3.92. The predicted octanol–water partition coefficient (Wildman–Crippen LogP) is 2.08. The molecule has 1 aliphatic rings. The second-order valence-corrected chi connectivity index (χ2v) is 8.45. The van der Waals surface area contributed by atoms with E-state index < -0.39 is 9.05 Å². The van der Waals surface area contributed by atoms with Gasteiger partial charge in [0.2, 0.25) is 5.91 Å². The van der Waals surface area contributed by atoms with Crippen molar-refractivity contribution in [1.29, 1.82) is 0 Å². The summed E-state index contributed by atoms with van der Waals surface area (Å²) >= 11 is 0. The summed E-state index contributed by atoms with van der Waals surface area (Å²) in [5, 5.41) is 2.93. The first kappa shape index (κ1) is 16.1. The monoisotopic (exact) mass is 331 g/mol.